The van der Waals surface area contributed by atoms with E-state index in [2.05, 4.69) is 16.0 Å². The number of amides is 2. The van der Waals surface area contributed by atoms with E-state index in [9.17, 15) is 9.59 Å². The number of anilines is 1. The summed E-state index contributed by atoms with van der Waals surface area (Å²) in [5, 5.41) is 10.8. The molecule has 6 rings (SSSR count). The van der Waals surface area contributed by atoms with Gasteiger partial charge >= 0.3 is 0 Å². The highest BCUT2D eigenvalue weighted by molar-refractivity contribution is 7.17. The van der Waals surface area contributed by atoms with Crippen LogP contribution in [0.5, 0.6) is 5.75 Å². The van der Waals surface area contributed by atoms with Crippen molar-refractivity contribution in [1.29, 1.82) is 0 Å². The lowest BCUT2D eigenvalue weighted by Gasteiger charge is -2.23. The fourth-order valence-corrected chi connectivity index (χ4v) is 6.50. The molecular formula is C28H28ClN5O3S2. The molecule has 2 amide bonds. The number of fused-ring (bicyclic) bond motifs is 1. The SMILES string of the molecule is CN(C1=CC(=O)NC1=O)c1nc(-c2cccs2)nc2scc(-c3cccc(OCCC4CCCCN4)c3)c12.Cl. The zero-order valence-electron chi connectivity index (χ0n) is 21.3. The summed E-state index contributed by atoms with van der Waals surface area (Å²) < 4.78 is 6.14. The lowest BCUT2D eigenvalue weighted by atomic mass is 10.0. The molecule has 0 radical (unpaired) electrons. The number of carbonyl (C=O) groups is 2. The van der Waals surface area contributed by atoms with Crippen molar-refractivity contribution in [1.82, 2.24) is 20.6 Å². The zero-order chi connectivity index (χ0) is 26.1. The van der Waals surface area contributed by atoms with Crippen LogP contribution in [0.15, 0.2) is 58.9 Å². The molecule has 202 valence electrons. The Balaban J connectivity index is 0.00000308. The number of likely N-dealkylation sites (N-methyl/N-ethyl adjacent to an activating group) is 1. The van der Waals surface area contributed by atoms with Crippen LogP contribution in [0.4, 0.5) is 5.82 Å². The Morgan fingerprint density at radius 2 is 2.03 bits per heavy atom. The van der Waals surface area contributed by atoms with Gasteiger partial charge in [-0.1, -0.05) is 24.6 Å². The van der Waals surface area contributed by atoms with Crippen LogP contribution in [-0.4, -0.2) is 48.0 Å². The third-order valence-electron chi connectivity index (χ3n) is 6.86. The smallest absolute Gasteiger partial charge is 0.274 e. The van der Waals surface area contributed by atoms with Crippen LogP contribution >= 0.6 is 35.1 Å². The number of nitrogens with one attached hydrogen (secondary N) is 2. The molecule has 1 unspecified atom stereocenters. The summed E-state index contributed by atoms with van der Waals surface area (Å²) in [5.41, 5.74) is 2.18. The van der Waals surface area contributed by atoms with Crippen LogP contribution < -0.4 is 20.3 Å². The largest absolute Gasteiger partial charge is 0.494 e. The van der Waals surface area contributed by atoms with E-state index in [4.69, 9.17) is 14.7 Å². The topological polar surface area (TPSA) is 96.5 Å². The van der Waals surface area contributed by atoms with Crippen LogP contribution in [0.1, 0.15) is 25.7 Å². The van der Waals surface area contributed by atoms with Gasteiger partial charge < -0.3 is 15.0 Å². The number of halogens is 1. The van der Waals surface area contributed by atoms with Crippen molar-refractivity contribution in [2.45, 2.75) is 31.7 Å². The fraction of sp³-hybridized carbons (Fsp3) is 0.286. The standard InChI is InChI=1S/C28H27N5O3S2.ClH/c1-33(21-15-23(34)30-27(21)35)26-24-20(16-38-28(24)32-25(31-26)22-9-5-13-37-22)17-6-4-8-19(14-17)36-12-10-18-7-2-3-11-29-18;/h4-6,8-9,13-16,18,29H,2-3,7,10-12H2,1H3,(H,30,34,35);1H. The second-order valence-electron chi connectivity index (χ2n) is 9.40. The molecule has 39 heavy (non-hydrogen) atoms. The third-order valence-corrected chi connectivity index (χ3v) is 8.60. The molecule has 0 spiro atoms. The second-order valence-corrected chi connectivity index (χ2v) is 11.2. The first kappa shape index (κ1) is 27.3. The number of thiophene rings is 2. The Morgan fingerprint density at radius 3 is 2.77 bits per heavy atom. The molecular weight excluding hydrogens is 554 g/mol. The Bertz CT molecular complexity index is 1530. The average molecular weight is 582 g/mol. The van der Waals surface area contributed by atoms with E-state index in [0.29, 0.717) is 24.3 Å². The van der Waals surface area contributed by atoms with Gasteiger partial charge in [-0.05, 0) is 54.9 Å². The third kappa shape index (κ3) is 5.69. The van der Waals surface area contributed by atoms with Crippen LogP contribution in [-0.2, 0) is 9.59 Å². The molecule has 2 N–H and O–H groups in total. The Labute approximate surface area is 240 Å². The number of ether oxygens (including phenoxy) is 1. The van der Waals surface area contributed by atoms with E-state index in [1.165, 1.54) is 36.7 Å². The molecule has 4 aromatic rings. The molecule has 1 fully saturated rings. The molecule has 1 aromatic carbocycles. The summed E-state index contributed by atoms with van der Waals surface area (Å²) in [6.07, 6.45) is 6.02. The molecule has 8 nitrogen and oxygen atoms in total. The first-order valence-electron chi connectivity index (χ1n) is 12.7. The molecule has 5 heterocycles. The Hall–Kier alpha value is -3.31. The van der Waals surface area contributed by atoms with Gasteiger partial charge in [0.05, 0.1) is 16.9 Å². The summed E-state index contributed by atoms with van der Waals surface area (Å²) >= 11 is 3.08. The summed E-state index contributed by atoms with van der Waals surface area (Å²) in [7, 11) is 1.75. The van der Waals surface area contributed by atoms with Crippen molar-refractivity contribution in [3.05, 3.63) is 58.9 Å². The number of hydrogen-bond donors (Lipinski definition) is 2. The van der Waals surface area contributed by atoms with Crippen LogP contribution in [0, 0.1) is 0 Å². The highest BCUT2D eigenvalue weighted by atomic mass is 35.5. The van der Waals surface area contributed by atoms with Crippen molar-refractivity contribution in [3.8, 4) is 27.6 Å². The van der Waals surface area contributed by atoms with Crippen LogP contribution in [0.2, 0.25) is 0 Å². The maximum Gasteiger partial charge on any atom is 0.274 e. The molecule has 1 atom stereocenters. The maximum atomic E-state index is 12.5. The average Bonchev–Trinajstić information content (AvgIpc) is 3.69. The number of hydrogen-bond acceptors (Lipinski definition) is 9. The Morgan fingerprint density at radius 1 is 1.13 bits per heavy atom. The molecule has 1 saturated heterocycles. The van der Waals surface area contributed by atoms with Crippen molar-refractivity contribution >= 4 is 62.9 Å². The maximum absolute atomic E-state index is 12.5. The monoisotopic (exact) mass is 581 g/mol. The summed E-state index contributed by atoms with van der Waals surface area (Å²) in [4.78, 5) is 37.6. The van der Waals surface area contributed by atoms with Gasteiger partial charge in [0.15, 0.2) is 5.82 Å². The number of rotatable bonds is 8. The number of benzene rings is 1. The predicted octanol–water partition coefficient (Wildman–Crippen LogP) is 5.40. The van der Waals surface area contributed by atoms with E-state index in [0.717, 1.165) is 44.9 Å². The van der Waals surface area contributed by atoms with Gasteiger partial charge in [0.1, 0.15) is 22.1 Å². The lowest BCUT2D eigenvalue weighted by Crippen LogP contribution is -2.35. The van der Waals surface area contributed by atoms with Gasteiger partial charge in [0.2, 0.25) is 0 Å². The summed E-state index contributed by atoms with van der Waals surface area (Å²) in [5.74, 6) is 1.09. The van der Waals surface area contributed by atoms with Gasteiger partial charge in [-0.3, -0.25) is 14.9 Å². The molecule has 0 saturated carbocycles. The van der Waals surface area contributed by atoms with E-state index in [-0.39, 0.29) is 18.1 Å². The van der Waals surface area contributed by atoms with Crippen molar-refractivity contribution in [2.24, 2.45) is 0 Å². The van der Waals surface area contributed by atoms with Crippen molar-refractivity contribution in [2.75, 3.05) is 25.1 Å². The van der Waals surface area contributed by atoms with Crippen molar-refractivity contribution < 1.29 is 14.3 Å². The molecule has 2 aliphatic rings. The minimum atomic E-state index is -0.443. The zero-order valence-corrected chi connectivity index (χ0v) is 23.8. The minimum absolute atomic E-state index is 0. The van der Waals surface area contributed by atoms with E-state index < -0.39 is 11.8 Å². The normalized spacial score (nSPS) is 17.1. The number of nitrogens with zero attached hydrogens (tertiary/aromatic N) is 3. The van der Waals surface area contributed by atoms with Gasteiger partial charge in [0.25, 0.3) is 11.8 Å². The molecule has 3 aromatic heterocycles. The molecule has 0 bridgehead atoms. The molecule has 11 heteroatoms. The van der Waals surface area contributed by atoms with Gasteiger partial charge in [0, 0.05) is 30.1 Å². The van der Waals surface area contributed by atoms with Crippen LogP contribution in [0.25, 0.3) is 32.0 Å². The summed E-state index contributed by atoms with van der Waals surface area (Å²) in [6.45, 7) is 1.75. The lowest BCUT2D eigenvalue weighted by molar-refractivity contribution is -0.123. The van der Waals surface area contributed by atoms with E-state index in [1.807, 2.05) is 41.8 Å². The first-order valence-corrected chi connectivity index (χ1v) is 14.4. The minimum Gasteiger partial charge on any atom is -0.494 e. The number of piperidine rings is 1. The number of aromatic nitrogens is 2. The Kier molecular flexibility index (Phi) is 8.27. The first-order chi connectivity index (χ1) is 18.6. The number of carbonyl (C=O) groups excluding carboxylic acids is 2. The summed E-state index contributed by atoms with van der Waals surface area (Å²) in [6, 6.07) is 12.5. The van der Waals surface area contributed by atoms with E-state index in [1.54, 1.807) is 23.3 Å². The molecule has 2 aliphatic heterocycles. The second kappa shape index (κ2) is 11.8. The van der Waals surface area contributed by atoms with Crippen LogP contribution in [0.3, 0.4) is 0 Å². The van der Waals surface area contributed by atoms with Gasteiger partial charge in [-0.2, -0.15) is 0 Å². The fourth-order valence-electron chi connectivity index (χ4n) is 4.90. The molecule has 0 aliphatic carbocycles. The predicted molar refractivity (Wildman–Crippen MR) is 159 cm³/mol. The number of imide groups is 1. The highest BCUT2D eigenvalue weighted by Crippen LogP contribution is 2.41. The highest BCUT2D eigenvalue weighted by Gasteiger charge is 2.28. The quantitative estimate of drug-likeness (QED) is 0.269. The van der Waals surface area contributed by atoms with Crippen molar-refractivity contribution in [3.63, 3.8) is 0 Å². The van der Waals surface area contributed by atoms with Gasteiger partial charge in [-0.25, -0.2) is 9.97 Å². The van der Waals surface area contributed by atoms with E-state index >= 15 is 0 Å². The van der Waals surface area contributed by atoms with Gasteiger partial charge in [-0.15, -0.1) is 35.1 Å².